The van der Waals surface area contributed by atoms with E-state index in [-0.39, 0.29) is 22.8 Å². The number of anilines is 2. The number of hydrogen-bond donors (Lipinski definition) is 3. The summed E-state index contributed by atoms with van der Waals surface area (Å²) in [5.41, 5.74) is -0.149. The summed E-state index contributed by atoms with van der Waals surface area (Å²) >= 11 is 5.11. The summed E-state index contributed by atoms with van der Waals surface area (Å²) in [6, 6.07) is 14.1. The first-order valence-corrected chi connectivity index (χ1v) is 9.60. The molecule has 3 aromatic rings. The lowest BCUT2D eigenvalue weighted by molar-refractivity contribution is -0.137. The van der Waals surface area contributed by atoms with E-state index >= 15 is 0 Å². The first-order valence-electron chi connectivity index (χ1n) is 9.19. The Morgan fingerprint density at radius 1 is 0.875 bits per heavy atom. The van der Waals surface area contributed by atoms with Crippen LogP contribution >= 0.6 is 12.2 Å². The Balaban J connectivity index is 1.56. The second-order valence-electron chi connectivity index (χ2n) is 6.66. The highest BCUT2D eigenvalue weighted by atomic mass is 32.1. The van der Waals surface area contributed by atoms with Crippen LogP contribution in [0.5, 0.6) is 0 Å². The molecule has 3 rings (SSSR count). The molecule has 3 aromatic carbocycles. The molecule has 0 spiro atoms. The van der Waals surface area contributed by atoms with Gasteiger partial charge in [0.25, 0.3) is 5.91 Å². The maximum Gasteiger partial charge on any atom is 0.416 e. The summed E-state index contributed by atoms with van der Waals surface area (Å²) in [6.45, 7) is -0.122. The zero-order valence-electron chi connectivity index (χ0n) is 16.3. The average Bonchev–Trinajstić information content (AvgIpc) is 2.73. The topological polar surface area (TPSA) is 53.2 Å². The molecule has 0 saturated carbocycles. The molecular formula is C22H16F5N3OS. The normalized spacial score (nSPS) is 11.0. The zero-order chi connectivity index (χ0) is 23.3. The van der Waals surface area contributed by atoms with Crippen LogP contribution in [0, 0.1) is 11.6 Å². The zero-order valence-corrected chi connectivity index (χ0v) is 17.1. The molecule has 0 fully saturated rings. The maximum atomic E-state index is 13.7. The molecule has 3 N–H and O–H groups in total. The van der Waals surface area contributed by atoms with Gasteiger partial charge in [-0.15, -0.1) is 0 Å². The molecule has 4 nitrogen and oxygen atoms in total. The minimum absolute atomic E-state index is 0.0766. The summed E-state index contributed by atoms with van der Waals surface area (Å²) in [4.78, 5) is 12.1. The molecule has 0 bridgehead atoms. The van der Waals surface area contributed by atoms with Gasteiger partial charge in [-0.2, -0.15) is 13.2 Å². The van der Waals surface area contributed by atoms with Crippen molar-refractivity contribution in [2.75, 3.05) is 10.6 Å². The molecule has 0 aliphatic heterocycles. The van der Waals surface area contributed by atoms with Crippen molar-refractivity contribution < 1.29 is 26.7 Å². The Morgan fingerprint density at radius 2 is 1.50 bits per heavy atom. The minimum Gasteiger partial charge on any atom is -0.358 e. The molecule has 0 atom stereocenters. The van der Waals surface area contributed by atoms with Crippen molar-refractivity contribution in [3.05, 3.63) is 95.1 Å². The van der Waals surface area contributed by atoms with Gasteiger partial charge in [-0.1, -0.05) is 12.1 Å². The lowest BCUT2D eigenvalue weighted by Crippen LogP contribution is -2.28. The Bertz CT molecular complexity index is 1130. The molecule has 32 heavy (non-hydrogen) atoms. The summed E-state index contributed by atoms with van der Waals surface area (Å²) in [5, 5.41) is 8.20. The summed E-state index contributed by atoms with van der Waals surface area (Å²) < 4.78 is 65.5. The fraction of sp³-hybridized carbons (Fsp3) is 0.0909. The van der Waals surface area contributed by atoms with Gasteiger partial charge in [0, 0.05) is 17.9 Å². The molecule has 0 unspecified atom stereocenters. The molecule has 0 aliphatic rings. The Morgan fingerprint density at radius 3 is 2.12 bits per heavy atom. The van der Waals surface area contributed by atoms with Gasteiger partial charge in [-0.25, -0.2) is 8.78 Å². The standard InChI is InChI=1S/C22H16F5N3OS/c23-15-10-13(9-14(11-15)22(25,26)27)12-28-21(32)30-17-7-5-16(6-8-17)29-20(31)18-3-1-2-4-19(18)24/h1-11H,12H2,(H,29,31)(H2,28,30,32). The number of thiocarbonyl (C=S) groups is 1. The number of amides is 1. The van der Waals surface area contributed by atoms with Crippen LogP contribution in [0.15, 0.2) is 66.7 Å². The van der Waals surface area contributed by atoms with E-state index < -0.39 is 29.3 Å². The van der Waals surface area contributed by atoms with Crippen LogP contribution < -0.4 is 16.0 Å². The third-order valence-corrected chi connectivity index (χ3v) is 4.50. The fourth-order valence-corrected chi connectivity index (χ4v) is 2.94. The van der Waals surface area contributed by atoms with E-state index in [9.17, 15) is 26.7 Å². The minimum atomic E-state index is -4.65. The summed E-state index contributed by atoms with van der Waals surface area (Å²) in [6.07, 6.45) is -4.65. The SMILES string of the molecule is O=C(Nc1ccc(NC(=S)NCc2cc(F)cc(C(F)(F)F)c2)cc1)c1ccccc1F. The highest BCUT2D eigenvalue weighted by Gasteiger charge is 2.31. The highest BCUT2D eigenvalue weighted by molar-refractivity contribution is 7.80. The number of halogens is 5. The Kier molecular flexibility index (Phi) is 7.04. The molecule has 166 valence electrons. The monoisotopic (exact) mass is 465 g/mol. The number of rotatable bonds is 5. The van der Waals surface area contributed by atoms with Crippen LogP contribution in [0.3, 0.4) is 0 Å². The quantitative estimate of drug-likeness (QED) is 0.333. The summed E-state index contributed by atoms with van der Waals surface area (Å²) in [7, 11) is 0. The van der Waals surface area contributed by atoms with Crippen molar-refractivity contribution in [2.24, 2.45) is 0 Å². The Labute approximate surface area is 185 Å². The van der Waals surface area contributed by atoms with E-state index in [1.54, 1.807) is 30.3 Å². The lowest BCUT2D eigenvalue weighted by Gasteiger charge is -2.13. The van der Waals surface area contributed by atoms with Gasteiger partial charge in [0.15, 0.2) is 5.11 Å². The second kappa shape index (κ2) is 9.73. The largest absolute Gasteiger partial charge is 0.416 e. The molecule has 1 amide bonds. The first-order chi connectivity index (χ1) is 15.1. The molecule has 0 radical (unpaired) electrons. The molecule has 0 heterocycles. The van der Waals surface area contributed by atoms with Gasteiger partial charge >= 0.3 is 6.18 Å². The van der Waals surface area contributed by atoms with Crippen LogP contribution in [0.25, 0.3) is 0 Å². The molecule has 0 aromatic heterocycles. The van der Waals surface area contributed by atoms with Gasteiger partial charge in [0.2, 0.25) is 0 Å². The van der Waals surface area contributed by atoms with Crippen molar-refractivity contribution in [2.45, 2.75) is 12.7 Å². The van der Waals surface area contributed by atoms with E-state index in [0.29, 0.717) is 17.4 Å². The van der Waals surface area contributed by atoms with Crippen molar-refractivity contribution in [3.63, 3.8) is 0 Å². The van der Waals surface area contributed by atoms with Crippen molar-refractivity contribution in [3.8, 4) is 0 Å². The number of benzene rings is 3. The van der Waals surface area contributed by atoms with Crippen molar-refractivity contribution in [1.29, 1.82) is 0 Å². The van der Waals surface area contributed by atoms with Gasteiger partial charge in [0.05, 0.1) is 11.1 Å². The van der Waals surface area contributed by atoms with E-state index in [1.165, 1.54) is 18.2 Å². The smallest absolute Gasteiger partial charge is 0.358 e. The predicted octanol–water partition coefficient (Wildman–Crippen LogP) is 5.72. The number of carbonyl (C=O) groups excluding carboxylic acids is 1. The molecule has 0 aliphatic carbocycles. The second-order valence-corrected chi connectivity index (χ2v) is 7.07. The first kappa shape index (κ1) is 23.1. The average molecular weight is 465 g/mol. The van der Waals surface area contributed by atoms with Crippen LogP contribution in [0.1, 0.15) is 21.5 Å². The molecule has 0 saturated heterocycles. The molecule has 10 heteroatoms. The van der Waals surface area contributed by atoms with Gasteiger partial charge < -0.3 is 16.0 Å². The van der Waals surface area contributed by atoms with E-state index in [1.807, 2.05) is 0 Å². The summed E-state index contributed by atoms with van der Waals surface area (Å²) in [5.74, 6) is -2.24. The van der Waals surface area contributed by atoms with E-state index in [2.05, 4.69) is 16.0 Å². The number of nitrogens with one attached hydrogen (secondary N) is 3. The Hall–Kier alpha value is -3.53. The highest BCUT2D eigenvalue weighted by Crippen LogP contribution is 2.30. The number of carbonyl (C=O) groups is 1. The maximum absolute atomic E-state index is 13.7. The predicted molar refractivity (Wildman–Crippen MR) is 115 cm³/mol. The van der Waals surface area contributed by atoms with E-state index in [4.69, 9.17) is 12.2 Å². The van der Waals surface area contributed by atoms with Gasteiger partial charge in [0.1, 0.15) is 11.6 Å². The van der Waals surface area contributed by atoms with Crippen LogP contribution in [0.2, 0.25) is 0 Å². The third-order valence-electron chi connectivity index (χ3n) is 4.26. The van der Waals surface area contributed by atoms with Gasteiger partial charge in [-0.3, -0.25) is 4.79 Å². The third kappa shape index (κ3) is 6.24. The van der Waals surface area contributed by atoms with Crippen LogP contribution in [-0.4, -0.2) is 11.0 Å². The van der Waals surface area contributed by atoms with Crippen molar-refractivity contribution in [1.82, 2.24) is 5.32 Å². The number of alkyl halides is 3. The van der Waals surface area contributed by atoms with Crippen LogP contribution in [-0.2, 0) is 12.7 Å². The van der Waals surface area contributed by atoms with Crippen molar-refractivity contribution >= 4 is 34.6 Å². The molecular weight excluding hydrogens is 449 g/mol. The fourth-order valence-electron chi connectivity index (χ4n) is 2.75. The van der Waals surface area contributed by atoms with Crippen LogP contribution in [0.4, 0.5) is 33.3 Å². The van der Waals surface area contributed by atoms with E-state index in [0.717, 1.165) is 12.1 Å². The van der Waals surface area contributed by atoms with Gasteiger partial charge in [-0.05, 0) is 72.4 Å². The number of hydrogen-bond acceptors (Lipinski definition) is 2. The lowest BCUT2D eigenvalue weighted by atomic mass is 10.1.